The van der Waals surface area contributed by atoms with Crippen LogP contribution in [0.2, 0.25) is 0 Å². The maximum absolute atomic E-state index is 12.4. The summed E-state index contributed by atoms with van der Waals surface area (Å²) in [7, 11) is -3.44. The van der Waals surface area contributed by atoms with Gasteiger partial charge in [0.25, 0.3) is 5.91 Å². The number of sulfone groups is 1. The summed E-state index contributed by atoms with van der Waals surface area (Å²) in [5, 5.41) is 2.92. The predicted octanol–water partition coefficient (Wildman–Crippen LogP) is 2.34. The van der Waals surface area contributed by atoms with Crippen molar-refractivity contribution in [2.24, 2.45) is 0 Å². The summed E-state index contributed by atoms with van der Waals surface area (Å²) in [5.41, 5.74) is 2.00. The number of amides is 1. The van der Waals surface area contributed by atoms with Gasteiger partial charge in [-0.15, -0.1) is 0 Å². The van der Waals surface area contributed by atoms with Crippen LogP contribution in [0.5, 0.6) is 0 Å². The molecule has 1 fully saturated rings. The fourth-order valence-electron chi connectivity index (χ4n) is 3.61. The van der Waals surface area contributed by atoms with Gasteiger partial charge in [-0.3, -0.25) is 9.69 Å². The number of likely N-dealkylation sites (tertiary alicyclic amines) is 1. The molecular weight excluding hydrogens is 416 g/mol. The van der Waals surface area contributed by atoms with Gasteiger partial charge in [0.05, 0.1) is 10.5 Å². The number of benzene rings is 2. The number of carbonyl (C=O) groups is 2. The van der Waals surface area contributed by atoms with Crippen LogP contribution in [0.15, 0.2) is 53.4 Å². The van der Waals surface area contributed by atoms with Crippen LogP contribution in [0.1, 0.15) is 34.3 Å². The molecule has 8 heteroatoms. The maximum Gasteiger partial charge on any atom is 0.338 e. The summed E-state index contributed by atoms with van der Waals surface area (Å²) in [6.07, 6.45) is 2.75. The van der Waals surface area contributed by atoms with Crippen LogP contribution in [0, 0.1) is 6.92 Å². The zero-order chi connectivity index (χ0) is 22.4. The first-order valence-electron chi connectivity index (χ1n) is 10.3. The van der Waals surface area contributed by atoms with Gasteiger partial charge < -0.3 is 10.1 Å². The number of carbonyl (C=O) groups excluding carboxylic acids is 2. The molecule has 1 aliphatic rings. The lowest BCUT2D eigenvalue weighted by Gasteiger charge is -2.32. The molecule has 1 amide bonds. The minimum atomic E-state index is -3.44. The first-order chi connectivity index (χ1) is 14.7. The molecular formula is C23H28N2O5S. The molecule has 7 nitrogen and oxygen atoms in total. The molecule has 0 saturated carbocycles. The number of hydrogen-bond donors (Lipinski definition) is 1. The Bertz CT molecular complexity index is 1030. The van der Waals surface area contributed by atoms with E-state index in [2.05, 4.69) is 22.3 Å². The minimum absolute atomic E-state index is 0.0387. The lowest BCUT2D eigenvalue weighted by atomic mass is 10.0. The standard InChI is InChI=1S/C23H28N2O5S/c1-17-8-9-20(31(2,28)29)14-21(17)23(27)30-16-22(26)24-19-10-12-25(13-11-19)15-18-6-4-3-5-7-18/h3-9,14,19H,10-13,15-16H2,1-2H3,(H,24,26). The molecule has 0 bridgehead atoms. The summed E-state index contributed by atoms with van der Waals surface area (Å²) in [6.45, 7) is 3.96. The van der Waals surface area contributed by atoms with Gasteiger partial charge in [-0.1, -0.05) is 36.4 Å². The van der Waals surface area contributed by atoms with E-state index in [-0.39, 0.29) is 22.4 Å². The van der Waals surface area contributed by atoms with E-state index in [0.717, 1.165) is 38.7 Å². The molecule has 0 aromatic heterocycles. The SMILES string of the molecule is Cc1ccc(S(C)(=O)=O)cc1C(=O)OCC(=O)NC1CCN(Cc2ccccc2)CC1. The van der Waals surface area contributed by atoms with Crippen molar-refractivity contribution in [2.45, 2.75) is 37.2 Å². The van der Waals surface area contributed by atoms with Gasteiger partial charge in [0.2, 0.25) is 0 Å². The van der Waals surface area contributed by atoms with Crippen molar-refractivity contribution in [1.29, 1.82) is 0 Å². The number of esters is 1. The Morgan fingerprint density at radius 1 is 1.10 bits per heavy atom. The highest BCUT2D eigenvalue weighted by atomic mass is 32.2. The van der Waals surface area contributed by atoms with Crippen LogP contribution in [-0.2, 0) is 25.9 Å². The molecule has 0 unspecified atom stereocenters. The van der Waals surface area contributed by atoms with E-state index in [9.17, 15) is 18.0 Å². The Morgan fingerprint density at radius 2 is 1.77 bits per heavy atom. The predicted molar refractivity (Wildman–Crippen MR) is 117 cm³/mol. The van der Waals surface area contributed by atoms with Crippen LogP contribution in [0.25, 0.3) is 0 Å². The number of nitrogens with one attached hydrogen (secondary N) is 1. The lowest BCUT2D eigenvalue weighted by Crippen LogP contribution is -2.45. The molecule has 0 aliphatic carbocycles. The van der Waals surface area contributed by atoms with Gasteiger partial charge in [-0.2, -0.15) is 0 Å². The van der Waals surface area contributed by atoms with Crippen LogP contribution < -0.4 is 5.32 Å². The Balaban J connectivity index is 1.45. The highest BCUT2D eigenvalue weighted by molar-refractivity contribution is 7.90. The molecule has 0 spiro atoms. The average molecular weight is 445 g/mol. The number of rotatable bonds is 7. The van der Waals surface area contributed by atoms with Crippen LogP contribution in [0.3, 0.4) is 0 Å². The number of piperidine rings is 1. The second kappa shape index (κ2) is 10.1. The number of aryl methyl sites for hydroxylation is 1. The van der Waals surface area contributed by atoms with Gasteiger partial charge in [0, 0.05) is 31.9 Å². The summed E-state index contributed by atoms with van der Waals surface area (Å²) in [4.78, 5) is 27.0. The molecule has 3 rings (SSSR count). The second-order valence-electron chi connectivity index (χ2n) is 7.93. The van der Waals surface area contributed by atoms with Gasteiger partial charge >= 0.3 is 5.97 Å². The Hall–Kier alpha value is -2.71. The molecule has 31 heavy (non-hydrogen) atoms. The van der Waals surface area contributed by atoms with Crippen LogP contribution in [0.4, 0.5) is 0 Å². The molecule has 1 saturated heterocycles. The van der Waals surface area contributed by atoms with Gasteiger partial charge in [0.1, 0.15) is 0 Å². The topological polar surface area (TPSA) is 92.8 Å². The van der Waals surface area contributed by atoms with Crippen molar-refractivity contribution >= 4 is 21.7 Å². The van der Waals surface area contributed by atoms with Gasteiger partial charge in [0.15, 0.2) is 16.4 Å². The van der Waals surface area contributed by atoms with Crippen molar-refractivity contribution in [1.82, 2.24) is 10.2 Å². The number of nitrogens with zero attached hydrogens (tertiary/aromatic N) is 1. The first kappa shape index (κ1) is 23.0. The van der Waals surface area contributed by atoms with Gasteiger partial charge in [-0.25, -0.2) is 13.2 Å². The Labute approximate surface area is 183 Å². The highest BCUT2D eigenvalue weighted by Crippen LogP contribution is 2.17. The van der Waals surface area contributed by atoms with E-state index in [1.807, 2.05) is 18.2 Å². The van der Waals surface area contributed by atoms with E-state index in [4.69, 9.17) is 4.74 Å². The third kappa shape index (κ3) is 6.63. The van der Waals surface area contributed by atoms with Crippen molar-refractivity contribution < 1.29 is 22.7 Å². The molecule has 1 aliphatic heterocycles. The number of hydrogen-bond acceptors (Lipinski definition) is 6. The number of ether oxygens (including phenoxy) is 1. The van der Waals surface area contributed by atoms with E-state index in [1.165, 1.54) is 17.7 Å². The molecule has 1 N–H and O–H groups in total. The molecule has 0 radical (unpaired) electrons. The van der Waals surface area contributed by atoms with Crippen molar-refractivity contribution in [3.63, 3.8) is 0 Å². The molecule has 1 heterocycles. The third-order valence-electron chi connectivity index (χ3n) is 5.39. The van der Waals surface area contributed by atoms with Crippen molar-refractivity contribution in [2.75, 3.05) is 26.0 Å². The van der Waals surface area contributed by atoms with Crippen molar-refractivity contribution in [3.05, 3.63) is 65.2 Å². The first-order valence-corrected chi connectivity index (χ1v) is 12.1. The van der Waals surface area contributed by atoms with Crippen molar-refractivity contribution in [3.8, 4) is 0 Å². The largest absolute Gasteiger partial charge is 0.452 e. The quantitative estimate of drug-likeness (QED) is 0.659. The van der Waals surface area contributed by atoms with Crippen LogP contribution >= 0.6 is 0 Å². The normalized spacial score (nSPS) is 15.4. The minimum Gasteiger partial charge on any atom is -0.452 e. The van der Waals surface area contributed by atoms with Crippen LogP contribution in [-0.4, -0.2) is 57.2 Å². The van der Waals surface area contributed by atoms with E-state index < -0.39 is 22.4 Å². The molecule has 166 valence electrons. The molecule has 2 aromatic carbocycles. The fourth-order valence-corrected chi connectivity index (χ4v) is 4.25. The highest BCUT2D eigenvalue weighted by Gasteiger charge is 2.22. The summed E-state index contributed by atoms with van der Waals surface area (Å²) < 4.78 is 28.5. The Kier molecular flexibility index (Phi) is 7.46. The summed E-state index contributed by atoms with van der Waals surface area (Å²) in [5.74, 6) is -1.07. The fraction of sp³-hybridized carbons (Fsp3) is 0.391. The van der Waals surface area contributed by atoms with E-state index in [0.29, 0.717) is 5.56 Å². The molecule has 2 aromatic rings. The third-order valence-corrected chi connectivity index (χ3v) is 6.50. The average Bonchev–Trinajstić information content (AvgIpc) is 2.74. The van der Waals surface area contributed by atoms with Gasteiger partial charge in [-0.05, 0) is 43.0 Å². The second-order valence-corrected chi connectivity index (χ2v) is 9.94. The Morgan fingerprint density at radius 3 is 2.42 bits per heavy atom. The van der Waals surface area contributed by atoms with E-state index >= 15 is 0 Å². The monoisotopic (exact) mass is 444 g/mol. The maximum atomic E-state index is 12.4. The smallest absolute Gasteiger partial charge is 0.338 e. The lowest BCUT2D eigenvalue weighted by molar-refractivity contribution is -0.125. The zero-order valence-corrected chi connectivity index (χ0v) is 18.7. The summed E-state index contributed by atoms with van der Waals surface area (Å²) in [6, 6.07) is 14.6. The van der Waals surface area contributed by atoms with E-state index in [1.54, 1.807) is 13.0 Å². The summed E-state index contributed by atoms with van der Waals surface area (Å²) >= 11 is 0. The molecule has 0 atom stereocenters. The zero-order valence-electron chi connectivity index (χ0n) is 17.8.